The highest BCUT2D eigenvalue weighted by Gasteiger charge is 2.30. The molecule has 1 aromatic rings. The fourth-order valence-corrected chi connectivity index (χ4v) is 5.26. The molecule has 38 heavy (non-hydrogen) atoms. The van der Waals surface area contributed by atoms with Gasteiger partial charge in [0.15, 0.2) is 11.3 Å². The number of nitrogens with two attached hydrogens (primary N) is 1. The van der Waals surface area contributed by atoms with E-state index in [9.17, 15) is 14.4 Å². The average molecular weight is 523 g/mol. The summed E-state index contributed by atoms with van der Waals surface area (Å²) in [4.78, 5) is 48.3. The van der Waals surface area contributed by atoms with E-state index in [1.165, 1.54) is 0 Å². The molecular formula is C28H34N4O6. The number of esters is 2. The first-order valence-electron chi connectivity index (χ1n) is 13.3. The van der Waals surface area contributed by atoms with Crippen molar-refractivity contribution in [1.82, 2.24) is 14.8 Å². The molecule has 0 amide bonds. The monoisotopic (exact) mass is 522 g/mol. The maximum Gasteiger partial charge on any atom is 0.342 e. The van der Waals surface area contributed by atoms with Crippen molar-refractivity contribution in [3.8, 4) is 11.5 Å². The van der Waals surface area contributed by atoms with Gasteiger partial charge in [-0.15, -0.1) is 0 Å². The number of carbonyl (C=O) groups excluding carboxylic acids is 2. The van der Waals surface area contributed by atoms with Crippen molar-refractivity contribution in [1.29, 1.82) is 0 Å². The predicted molar refractivity (Wildman–Crippen MR) is 143 cm³/mol. The first kappa shape index (κ1) is 26.1. The van der Waals surface area contributed by atoms with Gasteiger partial charge in [0.25, 0.3) is 0 Å². The number of fused-ring (bicyclic) bond motifs is 2. The van der Waals surface area contributed by atoms with Crippen LogP contribution < -0.4 is 11.2 Å². The molecule has 0 unspecified atom stereocenters. The summed E-state index contributed by atoms with van der Waals surface area (Å²) in [5.41, 5.74) is 7.09. The van der Waals surface area contributed by atoms with E-state index in [2.05, 4.69) is 14.8 Å². The Morgan fingerprint density at radius 3 is 2.13 bits per heavy atom. The van der Waals surface area contributed by atoms with Gasteiger partial charge < -0.3 is 19.6 Å². The lowest BCUT2D eigenvalue weighted by molar-refractivity contribution is 0.0466. The van der Waals surface area contributed by atoms with Gasteiger partial charge in [-0.25, -0.2) is 14.6 Å². The van der Waals surface area contributed by atoms with Crippen molar-refractivity contribution >= 4 is 28.7 Å². The molecule has 0 aromatic heterocycles. The van der Waals surface area contributed by atoms with Crippen molar-refractivity contribution in [2.24, 2.45) is 0 Å². The summed E-state index contributed by atoms with van der Waals surface area (Å²) in [6, 6.07) is 3.38. The summed E-state index contributed by atoms with van der Waals surface area (Å²) in [5.74, 6) is -1.13. The molecule has 2 saturated heterocycles. The van der Waals surface area contributed by atoms with Gasteiger partial charge in [-0.05, 0) is 77.3 Å². The van der Waals surface area contributed by atoms with Crippen LogP contribution in [-0.4, -0.2) is 79.2 Å². The van der Waals surface area contributed by atoms with Gasteiger partial charge in [0.2, 0.25) is 5.43 Å². The van der Waals surface area contributed by atoms with Crippen LogP contribution in [0.1, 0.15) is 57.5 Å². The maximum absolute atomic E-state index is 13.2. The molecule has 0 radical (unpaired) electrons. The molecule has 10 heteroatoms. The van der Waals surface area contributed by atoms with Gasteiger partial charge in [-0.2, -0.15) is 0 Å². The summed E-state index contributed by atoms with van der Waals surface area (Å²) in [6.07, 6.45) is 4.57. The average Bonchev–Trinajstić information content (AvgIpc) is 3.62. The Labute approximate surface area is 221 Å². The molecule has 0 spiro atoms. The Morgan fingerprint density at radius 2 is 1.53 bits per heavy atom. The lowest BCUT2D eigenvalue weighted by Gasteiger charge is -2.18. The third-order valence-corrected chi connectivity index (χ3v) is 7.51. The van der Waals surface area contributed by atoms with Gasteiger partial charge in [-0.1, -0.05) is 6.07 Å². The number of ether oxygens (including phenoxy) is 2. The number of likely N-dealkylation sites (tertiary alicyclic amines) is 2. The number of hydrogen-bond acceptors (Lipinski definition) is 10. The second kappa shape index (κ2) is 11.1. The molecule has 1 aliphatic carbocycles. The zero-order valence-corrected chi connectivity index (χ0v) is 22.0. The fourth-order valence-electron chi connectivity index (χ4n) is 5.26. The predicted octanol–water partition coefficient (Wildman–Crippen LogP) is 3.00. The Morgan fingerprint density at radius 1 is 0.947 bits per heavy atom. The number of benzene rings is 2. The molecule has 202 valence electrons. The van der Waals surface area contributed by atoms with Crippen molar-refractivity contribution in [3.63, 3.8) is 0 Å². The van der Waals surface area contributed by atoms with Crippen LogP contribution in [0.5, 0.6) is 0 Å². The van der Waals surface area contributed by atoms with Crippen LogP contribution in [0.4, 0.5) is 5.69 Å². The summed E-state index contributed by atoms with van der Waals surface area (Å²) in [7, 11) is 0. The third kappa shape index (κ3) is 5.10. The quantitative estimate of drug-likeness (QED) is 0.268. The van der Waals surface area contributed by atoms with Gasteiger partial charge in [0, 0.05) is 18.7 Å². The molecule has 4 aliphatic rings. The van der Waals surface area contributed by atoms with E-state index < -0.39 is 17.4 Å². The molecule has 3 aliphatic heterocycles. The highest BCUT2D eigenvalue weighted by Crippen LogP contribution is 2.35. The minimum absolute atomic E-state index is 0.0926. The standard InChI is InChI=1S/C28H34N4O6/c1-17-7-8-19(27(34)36-15-13-31-9-3-4-10-31)22-25(17)38-26-18(2)24(33)21(29)20(23(26)30-22)28(35)37-16-14-32-11-5-6-12-32/h7-8H,3-6,9-16,29H2,1-2H3. The van der Waals surface area contributed by atoms with E-state index in [1.807, 2.05) is 6.92 Å². The summed E-state index contributed by atoms with van der Waals surface area (Å²) in [5, 5.41) is 0. The maximum atomic E-state index is 13.2. The van der Waals surface area contributed by atoms with Crippen LogP contribution in [0.25, 0.3) is 22.6 Å². The van der Waals surface area contributed by atoms with Crippen LogP contribution in [0.3, 0.4) is 0 Å². The van der Waals surface area contributed by atoms with E-state index in [4.69, 9.17) is 19.6 Å². The number of aryl methyl sites for hydroxylation is 1. The lowest BCUT2D eigenvalue weighted by atomic mass is 10.0. The van der Waals surface area contributed by atoms with E-state index in [0.717, 1.165) is 57.4 Å². The Bertz CT molecular complexity index is 1390. The Balaban J connectivity index is 1.49. The molecule has 3 heterocycles. The number of carbonyl (C=O) groups is 2. The Hall–Kier alpha value is -3.50. The third-order valence-electron chi connectivity index (χ3n) is 7.51. The number of nitrogens with zero attached hydrogens (tertiary/aromatic N) is 3. The van der Waals surface area contributed by atoms with Crippen LogP contribution in [0, 0.1) is 13.8 Å². The largest absolute Gasteiger partial charge is 0.461 e. The van der Waals surface area contributed by atoms with Crippen molar-refractivity contribution in [2.75, 3.05) is 58.2 Å². The molecular weight excluding hydrogens is 488 g/mol. The first-order valence-corrected chi connectivity index (χ1v) is 13.3. The first-order chi connectivity index (χ1) is 18.3. The lowest BCUT2D eigenvalue weighted by Crippen LogP contribution is -2.27. The van der Waals surface area contributed by atoms with Gasteiger partial charge >= 0.3 is 11.9 Å². The summed E-state index contributed by atoms with van der Waals surface area (Å²) in [6.45, 7) is 9.07. The van der Waals surface area contributed by atoms with Gasteiger partial charge in [0.1, 0.15) is 30.0 Å². The molecule has 0 saturated carbocycles. The second-order valence-electron chi connectivity index (χ2n) is 10.1. The zero-order valence-electron chi connectivity index (χ0n) is 22.0. The molecule has 10 nitrogen and oxygen atoms in total. The Kier molecular flexibility index (Phi) is 7.62. The fraction of sp³-hybridized carbons (Fsp3) is 0.500. The van der Waals surface area contributed by atoms with E-state index in [1.54, 1.807) is 19.1 Å². The number of anilines is 1. The molecule has 0 atom stereocenters. The van der Waals surface area contributed by atoms with E-state index in [-0.39, 0.29) is 52.6 Å². The molecule has 2 N–H and O–H groups in total. The topological polar surface area (TPSA) is 128 Å². The van der Waals surface area contributed by atoms with Gasteiger partial charge in [0.05, 0.1) is 11.3 Å². The van der Waals surface area contributed by atoms with Crippen molar-refractivity contribution < 1.29 is 23.5 Å². The zero-order chi connectivity index (χ0) is 26.8. The highest BCUT2D eigenvalue weighted by molar-refractivity contribution is 6.05. The minimum atomic E-state index is -0.742. The van der Waals surface area contributed by atoms with Crippen LogP contribution in [0.2, 0.25) is 0 Å². The van der Waals surface area contributed by atoms with Crippen LogP contribution >= 0.6 is 0 Å². The molecule has 2 fully saturated rings. The number of hydrogen-bond donors (Lipinski definition) is 1. The minimum Gasteiger partial charge on any atom is -0.461 e. The van der Waals surface area contributed by atoms with E-state index >= 15 is 0 Å². The van der Waals surface area contributed by atoms with Crippen LogP contribution in [-0.2, 0) is 9.47 Å². The number of rotatable bonds is 8. The SMILES string of the molecule is Cc1c2oc3c(C)ccc(C(=O)OCCN4CCCC4)c3nc-2c(C(=O)OCCN2CCCC2)c(N)c1=O. The number of nitrogen functional groups attached to an aromatic ring is 1. The normalized spacial score (nSPS) is 16.5. The van der Waals surface area contributed by atoms with E-state index in [0.29, 0.717) is 18.7 Å². The highest BCUT2D eigenvalue weighted by atomic mass is 16.5. The van der Waals surface area contributed by atoms with Crippen LogP contribution in [0.15, 0.2) is 21.3 Å². The van der Waals surface area contributed by atoms with Gasteiger partial charge in [-0.3, -0.25) is 14.6 Å². The molecule has 0 bridgehead atoms. The number of aromatic nitrogens is 1. The molecule has 1 aromatic carbocycles. The van der Waals surface area contributed by atoms with Crippen molar-refractivity contribution in [2.45, 2.75) is 39.5 Å². The molecule has 5 rings (SSSR count). The van der Waals surface area contributed by atoms with Crippen molar-refractivity contribution in [3.05, 3.63) is 44.6 Å². The second-order valence-corrected chi connectivity index (χ2v) is 10.1. The summed E-state index contributed by atoms with van der Waals surface area (Å²) < 4.78 is 17.2. The summed E-state index contributed by atoms with van der Waals surface area (Å²) >= 11 is 0. The smallest absolute Gasteiger partial charge is 0.342 e.